The van der Waals surface area contributed by atoms with Gasteiger partial charge >= 0.3 is 0 Å². The van der Waals surface area contributed by atoms with E-state index in [1.54, 1.807) is 0 Å². The van der Waals surface area contributed by atoms with E-state index < -0.39 is 0 Å². The third kappa shape index (κ3) is 1.95. The molecule has 1 fully saturated rings. The zero-order valence-electron chi connectivity index (χ0n) is 8.53. The van der Waals surface area contributed by atoms with E-state index in [9.17, 15) is 0 Å². The Morgan fingerprint density at radius 3 is 3.00 bits per heavy atom. The fourth-order valence-corrected chi connectivity index (χ4v) is 1.84. The maximum absolute atomic E-state index is 7.80. The van der Waals surface area contributed by atoms with Crippen molar-refractivity contribution < 1.29 is 0 Å². The number of piperidine rings is 1. The Bertz CT molecular complexity index is 329. The van der Waals surface area contributed by atoms with Gasteiger partial charge in [0.15, 0.2) is 0 Å². The fourth-order valence-electron chi connectivity index (χ4n) is 1.84. The summed E-state index contributed by atoms with van der Waals surface area (Å²) >= 11 is 0. The Kier molecular flexibility index (Phi) is 2.52. The number of aromatic nitrogens is 2. The second kappa shape index (κ2) is 3.82. The zero-order valence-corrected chi connectivity index (χ0v) is 8.53. The second-order valence-electron chi connectivity index (χ2n) is 3.85. The predicted octanol–water partition coefficient (Wildman–Crippen LogP) is 1.38. The Labute approximate surface area is 84.0 Å². The van der Waals surface area contributed by atoms with Crippen LogP contribution in [0.15, 0.2) is 12.4 Å². The van der Waals surface area contributed by atoms with Crippen molar-refractivity contribution in [2.75, 3.05) is 6.54 Å². The number of rotatable bonds is 2. The van der Waals surface area contributed by atoms with E-state index in [2.05, 4.69) is 10.00 Å². The molecule has 76 valence electrons. The molecule has 2 heterocycles. The first-order chi connectivity index (χ1) is 6.75. The van der Waals surface area contributed by atoms with Crippen molar-refractivity contribution in [3.63, 3.8) is 0 Å². The summed E-state index contributed by atoms with van der Waals surface area (Å²) in [6.07, 6.45) is 7.20. The summed E-state index contributed by atoms with van der Waals surface area (Å²) in [6, 6.07) is 0. The molecule has 4 heteroatoms. The molecule has 0 unspecified atom stereocenters. The minimum absolute atomic E-state index is 0.778. The minimum Gasteiger partial charge on any atom is -0.356 e. The predicted molar refractivity (Wildman–Crippen MR) is 55.2 cm³/mol. The maximum Gasteiger partial charge on any atom is 0.0960 e. The number of aryl methyl sites for hydroxylation is 1. The molecule has 2 rings (SSSR count). The minimum atomic E-state index is 0.778. The summed E-state index contributed by atoms with van der Waals surface area (Å²) in [7, 11) is 1.92. The first-order valence-corrected chi connectivity index (χ1v) is 5.05. The van der Waals surface area contributed by atoms with Gasteiger partial charge in [-0.2, -0.15) is 5.10 Å². The van der Waals surface area contributed by atoms with Crippen molar-refractivity contribution in [2.24, 2.45) is 7.05 Å². The molecule has 1 saturated heterocycles. The highest BCUT2D eigenvalue weighted by Crippen LogP contribution is 2.13. The molecule has 0 bridgehead atoms. The number of nitrogens with zero attached hydrogens (tertiary/aromatic N) is 3. The maximum atomic E-state index is 7.80. The molecular weight excluding hydrogens is 176 g/mol. The summed E-state index contributed by atoms with van der Waals surface area (Å²) in [5, 5.41) is 11.9. The van der Waals surface area contributed by atoms with E-state index in [1.165, 1.54) is 18.4 Å². The molecular formula is C10H16N4. The fraction of sp³-hybridized carbons (Fsp3) is 0.600. The highest BCUT2D eigenvalue weighted by Gasteiger charge is 2.15. The number of likely N-dealkylation sites (tertiary alicyclic amines) is 1. The molecule has 1 aliphatic heterocycles. The highest BCUT2D eigenvalue weighted by molar-refractivity contribution is 5.79. The molecule has 0 aliphatic carbocycles. The van der Waals surface area contributed by atoms with Crippen LogP contribution in [0.4, 0.5) is 0 Å². The molecule has 1 aliphatic rings. The lowest BCUT2D eigenvalue weighted by atomic mass is 10.1. The van der Waals surface area contributed by atoms with E-state index in [0.29, 0.717) is 0 Å². The SMILES string of the molecule is Cn1cc(CN2CCCCC2=N)cn1. The molecule has 0 spiro atoms. The van der Waals surface area contributed by atoms with Crippen LogP contribution >= 0.6 is 0 Å². The van der Waals surface area contributed by atoms with Gasteiger partial charge in [0.05, 0.1) is 12.0 Å². The number of nitrogens with one attached hydrogen (secondary N) is 1. The Morgan fingerprint density at radius 2 is 2.36 bits per heavy atom. The summed E-state index contributed by atoms with van der Waals surface area (Å²) in [4.78, 5) is 2.14. The van der Waals surface area contributed by atoms with Crippen LogP contribution in [0.2, 0.25) is 0 Å². The van der Waals surface area contributed by atoms with Crippen molar-refractivity contribution >= 4 is 5.84 Å². The van der Waals surface area contributed by atoms with E-state index in [0.717, 1.165) is 25.3 Å². The first-order valence-electron chi connectivity index (χ1n) is 5.05. The molecule has 0 atom stereocenters. The lowest BCUT2D eigenvalue weighted by molar-refractivity contribution is 0.361. The molecule has 0 saturated carbocycles. The third-order valence-corrected chi connectivity index (χ3v) is 2.61. The smallest absolute Gasteiger partial charge is 0.0960 e. The molecule has 1 aromatic rings. The Hall–Kier alpha value is -1.32. The number of amidine groups is 1. The normalized spacial score (nSPS) is 17.5. The van der Waals surface area contributed by atoms with Gasteiger partial charge in [-0.1, -0.05) is 0 Å². The molecule has 0 amide bonds. The van der Waals surface area contributed by atoms with Crippen LogP contribution in [-0.2, 0) is 13.6 Å². The molecule has 4 nitrogen and oxygen atoms in total. The third-order valence-electron chi connectivity index (χ3n) is 2.61. The highest BCUT2D eigenvalue weighted by atomic mass is 15.2. The van der Waals surface area contributed by atoms with Crippen molar-refractivity contribution in [1.29, 1.82) is 5.41 Å². The van der Waals surface area contributed by atoms with Gasteiger partial charge in [0.25, 0.3) is 0 Å². The van der Waals surface area contributed by atoms with E-state index in [1.807, 2.05) is 24.1 Å². The van der Waals surface area contributed by atoms with Crippen LogP contribution in [0.1, 0.15) is 24.8 Å². The van der Waals surface area contributed by atoms with E-state index in [4.69, 9.17) is 5.41 Å². The number of hydrogen-bond donors (Lipinski definition) is 1. The molecule has 1 aromatic heterocycles. The van der Waals surface area contributed by atoms with Gasteiger partial charge in [-0.05, 0) is 12.8 Å². The van der Waals surface area contributed by atoms with Crippen LogP contribution in [0, 0.1) is 5.41 Å². The summed E-state index contributed by atoms with van der Waals surface area (Å²) < 4.78 is 1.81. The van der Waals surface area contributed by atoms with Gasteiger partial charge in [0, 0.05) is 38.3 Å². The average molecular weight is 192 g/mol. The van der Waals surface area contributed by atoms with Crippen LogP contribution in [0.5, 0.6) is 0 Å². The van der Waals surface area contributed by atoms with Gasteiger partial charge in [-0.25, -0.2) is 0 Å². The van der Waals surface area contributed by atoms with Crippen LogP contribution < -0.4 is 0 Å². The summed E-state index contributed by atoms with van der Waals surface area (Å²) in [5.41, 5.74) is 1.19. The van der Waals surface area contributed by atoms with E-state index >= 15 is 0 Å². The van der Waals surface area contributed by atoms with Gasteiger partial charge < -0.3 is 4.90 Å². The molecule has 14 heavy (non-hydrogen) atoms. The topological polar surface area (TPSA) is 44.9 Å². The van der Waals surface area contributed by atoms with Gasteiger partial charge in [0.2, 0.25) is 0 Å². The standard InChI is InChI=1S/C10H16N4/c1-13-7-9(6-12-13)8-14-5-3-2-4-10(14)11/h6-7,11H,2-5,8H2,1H3. The molecule has 1 N–H and O–H groups in total. The van der Waals surface area contributed by atoms with Gasteiger partial charge in [-0.15, -0.1) is 0 Å². The Balaban J connectivity index is 1.99. The van der Waals surface area contributed by atoms with Crippen molar-refractivity contribution in [2.45, 2.75) is 25.8 Å². The number of hydrogen-bond acceptors (Lipinski definition) is 2. The van der Waals surface area contributed by atoms with E-state index in [-0.39, 0.29) is 0 Å². The first kappa shape index (κ1) is 9.24. The van der Waals surface area contributed by atoms with Crippen LogP contribution in [0.3, 0.4) is 0 Å². The van der Waals surface area contributed by atoms with Crippen molar-refractivity contribution in [3.05, 3.63) is 18.0 Å². The quantitative estimate of drug-likeness (QED) is 0.769. The van der Waals surface area contributed by atoms with Crippen molar-refractivity contribution in [1.82, 2.24) is 14.7 Å². The lowest BCUT2D eigenvalue weighted by Gasteiger charge is -2.28. The van der Waals surface area contributed by atoms with Crippen LogP contribution in [0.25, 0.3) is 0 Å². The van der Waals surface area contributed by atoms with Crippen LogP contribution in [-0.4, -0.2) is 27.1 Å². The molecule has 0 aromatic carbocycles. The monoisotopic (exact) mass is 192 g/mol. The zero-order chi connectivity index (χ0) is 9.97. The summed E-state index contributed by atoms with van der Waals surface area (Å²) in [5.74, 6) is 0.778. The average Bonchev–Trinajstić information content (AvgIpc) is 2.56. The van der Waals surface area contributed by atoms with Gasteiger partial charge in [0.1, 0.15) is 0 Å². The van der Waals surface area contributed by atoms with Gasteiger partial charge in [-0.3, -0.25) is 10.1 Å². The second-order valence-corrected chi connectivity index (χ2v) is 3.85. The summed E-state index contributed by atoms with van der Waals surface area (Å²) in [6.45, 7) is 1.86. The lowest BCUT2D eigenvalue weighted by Crippen LogP contribution is -2.34. The molecule has 0 radical (unpaired) electrons. The van der Waals surface area contributed by atoms with Crippen molar-refractivity contribution in [3.8, 4) is 0 Å². The largest absolute Gasteiger partial charge is 0.356 e. The Morgan fingerprint density at radius 1 is 1.50 bits per heavy atom.